The van der Waals surface area contributed by atoms with Gasteiger partial charge in [-0.25, -0.2) is 4.39 Å². The normalized spacial score (nSPS) is 11.3. The Morgan fingerprint density at radius 3 is 2.26 bits per heavy atom. The minimum absolute atomic E-state index is 0.0261. The van der Waals surface area contributed by atoms with Crippen molar-refractivity contribution in [3.05, 3.63) is 11.9 Å². The smallest absolute Gasteiger partial charge is 0.306 e. The number of unbranched alkanes of at least 4 members (excludes halogenated alkanes) is 7. The van der Waals surface area contributed by atoms with Crippen LogP contribution in [0.4, 0.5) is 4.39 Å². The Hall–Kier alpha value is -1.30. The van der Waals surface area contributed by atoms with Gasteiger partial charge in [0.05, 0.1) is 6.10 Å². The van der Waals surface area contributed by atoms with Crippen molar-refractivity contribution in [3.63, 3.8) is 0 Å². The summed E-state index contributed by atoms with van der Waals surface area (Å²) in [7, 11) is 0. The van der Waals surface area contributed by atoms with Crippen LogP contribution < -0.4 is 0 Å². The highest BCUT2D eigenvalue weighted by Crippen LogP contribution is 2.13. The molecule has 23 heavy (non-hydrogen) atoms. The Labute approximate surface area is 141 Å². The van der Waals surface area contributed by atoms with Gasteiger partial charge in [0.1, 0.15) is 5.83 Å². The van der Waals surface area contributed by atoms with Crippen LogP contribution >= 0.6 is 0 Å². The largest absolute Gasteiger partial charge is 0.463 e. The second kappa shape index (κ2) is 15.6. The van der Waals surface area contributed by atoms with E-state index in [9.17, 15) is 9.18 Å². The maximum atomic E-state index is 13.4. The van der Waals surface area contributed by atoms with Crippen LogP contribution in [0.5, 0.6) is 0 Å². The highest BCUT2D eigenvalue weighted by Gasteiger charge is 2.04. The number of allylic oxidation sites excluding steroid dienone is 2. The molecular formula is C20H33FO2. The minimum Gasteiger partial charge on any atom is -0.463 e. The molecule has 132 valence electrons. The van der Waals surface area contributed by atoms with Gasteiger partial charge < -0.3 is 4.74 Å². The Morgan fingerprint density at radius 2 is 1.65 bits per heavy atom. The number of hydrogen-bond acceptors (Lipinski definition) is 2. The van der Waals surface area contributed by atoms with Crippen molar-refractivity contribution >= 4 is 5.97 Å². The lowest BCUT2D eigenvalue weighted by Gasteiger charge is -2.07. The van der Waals surface area contributed by atoms with Crippen LogP contribution in [0.2, 0.25) is 0 Å². The molecule has 0 rings (SSSR count). The number of rotatable bonds is 12. The van der Waals surface area contributed by atoms with Crippen molar-refractivity contribution in [1.82, 2.24) is 0 Å². The Kier molecular flexibility index (Phi) is 14.7. The molecule has 0 fully saturated rings. The van der Waals surface area contributed by atoms with Crippen molar-refractivity contribution in [3.8, 4) is 11.8 Å². The maximum absolute atomic E-state index is 13.4. The molecule has 0 radical (unpaired) electrons. The third-order valence-corrected chi connectivity index (χ3v) is 3.40. The summed E-state index contributed by atoms with van der Waals surface area (Å²) in [6.07, 6.45) is 11.4. The Morgan fingerprint density at radius 1 is 1.04 bits per heavy atom. The highest BCUT2D eigenvalue weighted by atomic mass is 19.1. The molecule has 0 bridgehead atoms. The molecule has 0 N–H and O–H groups in total. The zero-order chi connectivity index (χ0) is 17.3. The Balaban J connectivity index is 3.46. The van der Waals surface area contributed by atoms with Crippen molar-refractivity contribution in [1.29, 1.82) is 0 Å². The zero-order valence-corrected chi connectivity index (χ0v) is 15.1. The van der Waals surface area contributed by atoms with Crippen LogP contribution in [0.25, 0.3) is 0 Å². The molecule has 0 aliphatic rings. The lowest BCUT2D eigenvalue weighted by molar-refractivity contribution is -0.147. The van der Waals surface area contributed by atoms with Crippen molar-refractivity contribution in [2.75, 3.05) is 0 Å². The number of carbonyl (C=O) groups excluding carboxylic acids is 1. The van der Waals surface area contributed by atoms with Crippen LogP contribution in [0.15, 0.2) is 11.9 Å². The van der Waals surface area contributed by atoms with Crippen molar-refractivity contribution in [2.24, 2.45) is 0 Å². The average Bonchev–Trinajstić information content (AvgIpc) is 2.49. The van der Waals surface area contributed by atoms with E-state index < -0.39 is 0 Å². The van der Waals surface area contributed by atoms with E-state index in [0.717, 1.165) is 57.8 Å². The van der Waals surface area contributed by atoms with E-state index in [1.165, 1.54) is 6.08 Å². The van der Waals surface area contributed by atoms with E-state index in [2.05, 4.69) is 18.8 Å². The number of carbonyl (C=O) groups is 1. The summed E-state index contributed by atoms with van der Waals surface area (Å²) in [4.78, 5) is 11.3. The van der Waals surface area contributed by atoms with Crippen LogP contribution in [0, 0.1) is 11.8 Å². The van der Waals surface area contributed by atoms with Crippen molar-refractivity contribution in [2.45, 2.75) is 97.5 Å². The molecule has 0 saturated carbocycles. The Bertz CT molecular complexity index is 388. The first kappa shape index (κ1) is 21.7. The highest BCUT2D eigenvalue weighted by molar-refractivity contribution is 5.69. The third-order valence-electron chi connectivity index (χ3n) is 3.40. The summed E-state index contributed by atoms with van der Waals surface area (Å²) in [5.41, 5.74) is 0. The van der Waals surface area contributed by atoms with Gasteiger partial charge in [-0.1, -0.05) is 50.9 Å². The summed E-state index contributed by atoms with van der Waals surface area (Å²) in [5, 5.41) is 0. The molecular weight excluding hydrogens is 291 g/mol. The lowest BCUT2D eigenvalue weighted by Crippen LogP contribution is -2.10. The number of esters is 1. The molecule has 0 aromatic carbocycles. The van der Waals surface area contributed by atoms with Crippen molar-refractivity contribution < 1.29 is 13.9 Å². The topological polar surface area (TPSA) is 26.3 Å². The second-order valence-electron chi connectivity index (χ2n) is 6.18. The van der Waals surface area contributed by atoms with Gasteiger partial charge in [-0.3, -0.25) is 4.79 Å². The van der Waals surface area contributed by atoms with Crippen LogP contribution in [0.3, 0.4) is 0 Å². The van der Waals surface area contributed by atoms with E-state index in [0.29, 0.717) is 12.8 Å². The first-order chi connectivity index (χ1) is 11.1. The van der Waals surface area contributed by atoms with Gasteiger partial charge in [0.2, 0.25) is 0 Å². The van der Waals surface area contributed by atoms with Crippen LogP contribution in [-0.2, 0) is 9.53 Å². The van der Waals surface area contributed by atoms with Gasteiger partial charge >= 0.3 is 5.97 Å². The molecule has 2 nitrogen and oxygen atoms in total. The van der Waals surface area contributed by atoms with E-state index in [1.54, 1.807) is 0 Å². The fourth-order valence-electron chi connectivity index (χ4n) is 2.13. The monoisotopic (exact) mass is 324 g/mol. The van der Waals surface area contributed by atoms with Gasteiger partial charge in [0, 0.05) is 18.9 Å². The number of hydrogen-bond donors (Lipinski definition) is 0. The molecule has 0 heterocycles. The molecule has 0 aliphatic carbocycles. The minimum atomic E-state index is -0.106. The fraction of sp³-hybridized carbons (Fsp3) is 0.750. The molecule has 0 atom stereocenters. The van der Waals surface area contributed by atoms with Gasteiger partial charge in [-0.2, -0.15) is 0 Å². The van der Waals surface area contributed by atoms with Gasteiger partial charge in [0.25, 0.3) is 0 Å². The van der Waals surface area contributed by atoms with Gasteiger partial charge in [0.15, 0.2) is 0 Å². The predicted octanol–water partition coefficient (Wildman–Crippen LogP) is 6.11. The van der Waals surface area contributed by atoms with Crippen LogP contribution in [0.1, 0.15) is 91.4 Å². The maximum Gasteiger partial charge on any atom is 0.306 e. The van der Waals surface area contributed by atoms with Gasteiger partial charge in [-0.15, -0.1) is 0 Å². The molecule has 0 saturated heterocycles. The molecule has 0 aliphatic heterocycles. The summed E-state index contributed by atoms with van der Waals surface area (Å²) >= 11 is 0. The van der Waals surface area contributed by atoms with E-state index in [-0.39, 0.29) is 17.9 Å². The fourth-order valence-corrected chi connectivity index (χ4v) is 2.13. The average molecular weight is 324 g/mol. The van der Waals surface area contributed by atoms with Crippen LogP contribution in [-0.4, -0.2) is 12.1 Å². The summed E-state index contributed by atoms with van der Waals surface area (Å²) in [5.74, 6) is 5.53. The first-order valence-electron chi connectivity index (χ1n) is 9.08. The summed E-state index contributed by atoms with van der Waals surface area (Å²) < 4.78 is 18.5. The first-order valence-corrected chi connectivity index (χ1v) is 9.08. The molecule has 0 unspecified atom stereocenters. The van der Waals surface area contributed by atoms with E-state index in [1.807, 2.05) is 13.8 Å². The molecule has 3 heteroatoms. The molecule has 0 amide bonds. The second-order valence-corrected chi connectivity index (χ2v) is 6.18. The quantitative estimate of drug-likeness (QED) is 0.246. The summed E-state index contributed by atoms with van der Waals surface area (Å²) in [6.45, 7) is 5.85. The zero-order valence-electron chi connectivity index (χ0n) is 15.1. The van der Waals surface area contributed by atoms with E-state index >= 15 is 0 Å². The standard InChI is InChI=1S/C20H33FO2/c1-4-5-6-9-12-15-19(21)16-13-10-7-8-11-14-17-20(22)23-18(2)3/h15,18H,4-8,10-11,13-14,16-17H2,1-3H3/b19-15-. The number of halogens is 1. The lowest BCUT2D eigenvalue weighted by atomic mass is 10.1. The van der Waals surface area contributed by atoms with E-state index in [4.69, 9.17) is 4.74 Å². The molecule has 0 aromatic rings. The SMILES string of the molecule is CCCCC#C/C=C(\F)CCCCCCCCC(=O)OC(C)C. The summed E-state index contributed by atoms with van der Waals surface area (Å²) in [6, 6.07) is 0. The number of ether oxygens (including phenoxy) is 1. The molecule has 0 aromatic heterocycles. The predicted molar refractivity (Wildman–Crippen MR) is 94.7 cm³/mol. The van der Waals surface area contributed by atoms with Gasteiger partial charge in [-0.05, 0) is 39.5 Å². The third kappa shape index (κ3) is 16.9. The molecule has 0 spiro atoms.